The summed E-state index contributed by atoms with van der Waals surface area (Å²) in [5.41, 5.74) is 4.76. The molecule has 2 rings (SSSR count). The molecular formula is C58H103NO25S. The number of aryl methyl sites for hydroxylation is 1. The van der Waals surface area contributed by atoms with E-state index < -0.39 is 5.97 Å². The van der Waals surface area contributed by atoms with Gasteiger partial charge in [0.2, 0.25) is 0 Å². The van der Waals surface area contributed by atoms with Gasteiger partial charge in [-0.15, -0.1) is 11.3 Å². The summed E-state index contributed by atoms with van der Waals surface area (Å²) in [6, 6.07) is 7.89. The zero-order valence-electron chi connectivity index (χ0n) is 51.0. The average molecular weight is 1250 g/mol. The van der Waals surface area contributed by atoms with Crippen molar-refractivity contribution in [1.29, 1.82) is 0 Å². The first-order valence-electron chi connectivity index (χ1n) is 29.5. The summed E-state index contributed by atoms with van der Waals surface area (Å²) in [6.07, 6.45) is 0. The van der Waals surface area contributed by atoms with Gasteiger partial charge in [-0.3, -0.25) is 0 Å². The number of thiazole rings is 1. The highest BCUT2D eigenvalue weighted by atomic mass is 32.1. The normalized spacial score (nSPS) is 11.6. The lowest BCUT2D eigenvalue weighted by Gasteiger charge is -2.09. The molecular weight excluding hydrogens is 1140 g/mol. The van der Waals surface area contributed by atoms with E-state index in [4.69, 9.17) is 114 Å². The van der Waals surface area contributed by atoms with Crippen LogP contribution in [0.1, 0.15) is 11.3 Å². The summed E-state index contributed by atoms with van der Waals surface area (Å²) in [4.78, 5) is 17.5. The van der Waals surface area contributed by atoms with Gasteiger partial charge in [-0.25, -0.2) is 9.78 Å². The topological polar surface area (TPSA) is 251 Å². The third kappa shape index (κ3) is 56.4. The van der Waals surface area contributed by atoms with Crippen LogP contribution in [0.25, 0.3) is 10.4 Å². The van der Waals surface area contributed by atoms with Gasteiger partial charge in [-0.2, -0.15) is 0 Å². The Kier molecular flexibility index (Phi) is 60.8. The Hall–Kier alpha value is -2.60. The van der Waals surface area contributed by atoms with Crippen molar-refractivity contribution in [2.45, 2.75) is 13.5 Å². The maximum absolute atomic E-state index is 12.1. The Morgan fingerprint density at radius 3 is 0.800 bits per heavy atom. The maximum atomic E-state index is 12.1. The van der Waals surface area contributed by atoms with Crippen LogP contribution in [0.4, 0.5) is 0 Å². The number of ether oxygens (including phenoxy) is 24. The fourth-order valence-electron chi connectivity index (χ4n) is 6.50. The third-order valence-electron chi connectivity index (χ3n) is 10.8. The Balaban J connectivity index is 1.11. The minimum Gasteiger partial charge on any atom is -0.459 e. The number of rotatable bonds is 71. The Bertz CT molecular complexity index is 1660. The van der Waals surface area contributed by atoms with Crippen molar-refractivity contribution < 1.29 is 118 Å². The van der Waals surface area contributed by atoms with Crippen molar-refractivity contribution in [2.24, 2.45) is 0 Å². The monoisotopic (exact) mass is 1250 g/mol. The molecule has 0 aliphatic rings. The number of carbonyl (C=O) groups excluding carboxylic acids is 1. The predicted octanol–water partition coefficient (Wildman–Crippen LogP) is 3.17. The Labute approximate surface area is 508 Å². The number of hydrogen-bond acceptors (Lipinski definition) is 27. The molecule has 0 unspecified atom stereocenters. The number of benzene rings is 1. The first-order valence-corrected chi connectivity index (χ1v) is 30.4. The lowest BCUT2D eigenvalue weighted by atomic mass is 10.1. The highest BCUT2D eigenvalue weighted by Crippen LogP contribution is 2.27. The molecule has 0 saturated carbocycles. The fraction of sp³-hybridized carbons (Fsp3) is 0.828. The van der Waals surface area contributed by atoms with Gasteiger partial charge >= 0.3 is 5.97 Å². The second kappa shape index (κ2) is 65.8. The SMILES string of the molecule is COCCOCCOCCOCCOCCOCCOCCOCCOCCOCCOCCOCCOCCOCCOCCOCCOCCOCCOCCOCCOCCOCCOCC(=O)OCc1cccc(-c2scnc2C)c1. The van der Waals surface area contributed by atoms with Crippen LogP contribution in [0.5, 0.6) is 0 Å². The molecule has 1 aromatic heterocycles. The van der Waals surface area contributed by atoms with Crippen LogP contribution in [0.2, 0.25) is 0 Å². The highest BCUT2D eigenvalue weighted by Gasteiger charge is 2.09. The van der Waals surface area contributed by atoms with E-state index in [1.165, 1.54) is 0 Å². The standard InChI is InChI=1S/C58H103NO25S/c1-54-58(85-53-59-54)56-5-3-4-55(50-56)51-84-57(60)52-83-49-48-82-47-46-81-45-44-80-43-42-79-41-40-78-39-38-77-37-36-76-35-34-75-33-32-74-31-30-73-29-28-72-27-26-71-25-24-70-23-22-69-21-20-68-19-18-67-17-16-66-15-14-65-13-12-64-11-10-63-9-8-62-7-6-61-2/h3-5,50,53H,6-49,51-52H2,1-2H3. The zero-order chi connectivity index (χ0) is 60.3. The molecule has 496 valence electrons. The average Bonchev–Trinajstić information content (AvgIpc) is 4.24. The van der Waals surface area contributed by atoms with Gasteiger partial charge in [0.05, 0.1) is 307 Å². The van der Waals surface area contributed by atoms with Crippen molar-refractivity contribution in [1.82, 2.24) is 4.98 Å². The number of esters is 1. The van der Waals surface area contributed by atoms with Gasteiger partial charge in [0.15, 0.2) is 0 Å². The summed E-state index contributed by atoms with van der Waals surface area (Å²) in [7, 11) is 1.64. The van der Waals surface area contributed by atoms with Crippen molar-refractivity contribution in [3.05, 3.63) is 41.0 Å². The summed E-state index contributed by atoms with van der Waals surface area (Å²) in [5, 5.41) is 0. The first-order chi connectivity index (χ1) is 42.2. The Morgan fingerprint density at radius 2 is 0.576 bits per heavy atom. The van der Waals surface area contributed by atoms with Crippen LogP contribution in [0.3, 0.4) is 0 Å². The molecule has 0 aliphatic heterocycles. The number of methoxy groups -OCH3 is 1. The smallest absolute Gasteiger partial charge is 0.332 e. The van der Waals surface area contributed by atoms with Crippen LogP contribution in [-0.4, -0.2) is 315 Å². The van der Waals surface area contributed by atoms with Crippen LogP contribution >= 0.6 is 11.3 Å². The summed E-state index contributed by atoms with van der Waals surface area (Å²) in [6.45, 7) is 23.2. The lowest BCUT2D eigenvalue weighted by Crippen LogP contribution is -2.16. The summed E-state index contributed by atoms with van der Waals surface area (Å²) in [5.74, 6) is -0.428. The van der Waals surface area contributed by atoms with E-state index in [-0.39, 0.29) is 19.8 Å². The first kappa shape index (κ1) is 78.5. The van der Waals surface area contributed by atoms with Crippen LogP contribution in [0.15, 0.2) is 29.8 Å². The molecule has 0 saturated heterocycles. The van der Waals surface area contributed by atoms with E-state index >= 15 is 0 Å². The molecule has 1 heterocycles. The molecule has 85 heavy (non-hydrogen) atoms. The molecule has 27 heteroatoms. The van der Waals surface area contributed by atoms with Crippen LogP contribution < -0.4 is 0 Å². The van der Waals surface area contributed by atoms with E-state index in [1.807, 2.05) is 36.7 Å². The molecule has 2 aromatic rings. The predicted molar refractivity (Wildman–Crippen MR) is 312 cm³/mol. The fourth-order valence-corrected chi connectivity index (χ4v) is 7.31. The quantitative estimate of drug-likeness (QED) is 0.0681. The Morgan fingerprint density at radius 1 is 0.341 bits per heavy atom. The minimum atomic E-state index is -0.428. The van der Waals surface area contributed by atoms with Gasteiger partial charge in [0, 0.05) is 7.11 Å². The molecule has 26 nitrogen and oxygen atoms in total. The van der Waals surface area contributed by atoms with E-state index in [0.29, 0.717) is 284 Å². The molecule has 0 spiro atoms. The van der Waals surface area contributed by atoms with Crippen LogP contribution in [-0.2, 0) is 125 Å². The molecule has 0 N–H and O–H groups in total. The highest BCUT2D eigenvalue weighted by molar-refractivity contribution is 7.13. The minimum absolute atomic E-state index is 0.136. The molecule has 0 fully saturated rings. The van der Waals surface area contributed by atoms with Crippen molar-refractivity contribution in [3.8, 4) is 10.4 Å². The second-order valence-electron chi connectivity index (χ2n) is 17.5. The van der Waals surface area contributed by atoms with Crippen molar-refractivity contribution >= 4 is 17.3 Å². The van der Waals surface area contributed by atoms with Gasteiger partial charge in [0.1, 0.15) is 13.2 Å². The van der Waals surface area contributed by atoms with E-state index in [0.717, 1.165) is 21.7 Å². The summed E-state index contributed by atoms with van der Waals surface area (Å²) >= 11 is 1.58. The van der Waals surface area contributed by atoms with E-state index in [2.05, 4.69) is 4.98 Å². The van der Waals surface area contributed by atoms with Gasteiger partial charge in [-0.1, -0.05) is 18.2 Å². The van der Waals surface area contributed by atoms with Crippen LogP contribution in [0, 0.1) is 6.92 Å². The van der Waals surface area contributed by atoms with Gasteiger partial charge in [-0.05, 0) is 24.1 Å². The van der Waals surface area contributed by atoms with E-state index in [1.54, 1.807) is 18.4 Å². The lowest BCUT2D eigenvalue weighted by molar-refractivity contribution is -0.150. The molecule has 1 aromatic carbocycles. The number of nitrogens with zero attached hydrogens (tertiary/aromatic N) is 1. The largest absolute Gasteiger partial charge is 0.459 e. The molecule has 0 aliphatic carbocycles. The molecule has 0 atom stereocenters. The number of hydrogen-bond donors (Lipinski definition) is 0. The third-order valence-corrected chi connectivity index (χ3v) is 11.8. The van der Waals surface area contributed by atoms with E-state index in [9.17, 15) is 4.79 Å². The maximum Gasteiger partial charge on any atom is 0.332 e. The molecule has 0 radical (unpaired) electrons. The van der Waals surface area contributed by atoms with Gasteiger partial charge < -0.3 is 114 Å². The van der Waals surface area contributed by atoms with Crippen molar-refractivity contribution in [2.75, 3.05) is 304 Å². The van der Waals surface area contributed by atoms with Crippen molar-refractivity contribution in [3.63, 3.8) is 0 Å². The molecule has 0 amide bonds. The van der Waals surface area contributed by atoms with Gasteiger partial charge in [0.25, 0.3) is 0 Å². The zero-order valence-corrected chi connectivity index (χ0v) is 51.8. The number of carbonyl (C=O) groups is 1. The number of aromatic nitrogens is 1. The second-order valence-corrected chi connectivity index (χ2v) is 18.4. The molecule has 0 bridgehead atoms. The summed E-state index contributed by atoms with van der Waals surface area (Å²) < 4.78 is 131.